The van der Waals surface area contributed by atoms with Gasteiger partial charge in [0, 0.05) is 6.07 Å². The number of rotatable bonds is 4. The van der Waals surface area contributed by atoms with Crippen molar-refractivity contribution in [2.75, 3.05) is 14.2 Å². The van der Waals surface area contributed by atoms with Gasteiger partial charge in [-0.15, -0.1) is 0 Å². The first-order valence-corrected chi connectivity index (χ1v) is 7.07. The molecule has 3 nitrogen and oxygen atoms in total. The van der Waals surface area contributed by atoms with Crippen LogP contribution >= 0.6 is 0 Å². The van der Waals surface area contributed by atoms with Crippen molar-refractivity contribution in [2.45, 2.75) is 44.6 Å². The lowest BCUT2D eigenvalue weighted by atomic mass is 9.74. The van der Waals surface area contributed by atoms with Crippen LogP contribution in [0.4, 0.5) is 0 Å². The van der Waals surface area contributed by atoms with Crippen LogP contribution in [-0.4, -0.2) is 19.3 Å². The molecule has 1 aromatic rings. The fourth-order valence-corrected chi connectivity index (χ4v) is 2.93. The molecule has 0 heterocycles. The zero-order valence-corrected chi connectivity index (χ0v) is 12.1. The molecular weight excluding hydrogens is 240 g/mol. The minimum atomic E-state index is -0.729. The Morgan fingerprint density at radius 2 is 1.63 bits per heavy atom. The molecule has 1 fully saturated rings. The molecule has 0 atom stereocenters. The zero-order valence-electron chi connectivity index (χ0n) is 12.1. The highest BCUT2D eigenvalue weighted by Gasteiger charge is 2.34. The van der Waals surface area contributed by atoms with E-state index in [1.54, 1.807) is 14.2 Å². The molecule has 0 unspecified atom stereocenters. The fourth-order valence-electron chi connectivity index (χ4n) is 2.93. The van der Waals surface area contributed by atoms with Gasteiger partial charge in [0.2, 0.25) is 0 Å². The van der Waals surface area contributed by atoms with Crippen LogP contribution in [0.25, 0.3) is 0 Å². The average molecular weight is 264 g/mol. The molecule has 0 spiro atoms. The second kappa shape index (κ2) is 5.83. The summed E-state index contributed by atoms with van der Waals surface area (Å²) in [5.41, 5.74) is 0.186. The molecule has 1 aromatic carbocycles. The van der Waals surface area contributed by atoms with Crippen molar-refractivity contribution in [1.82, 2.24) is 0 Å². The molecule has 0 aromatic heterocycles. The highest BCUT2D eigenvalue weighted by molar-refractivity contribution is 5.41. The summed E-state index contributed by atoms with van der Waals surface area (Å²) in [6.45, 7) is 2.23. The summed E-state index contributed by atoms with van der Waals surface area (Å²) in [5.74, 6) is 2.23. The quantitative estimate of drug-likeness (QED) is 0.904. The van der Waals surface area contributed by atoms with E-state index < -0.39 is 5.60 Å². The van der Waals surface area contributed by atoms with Crippen molar-refractivity contribution in [3.05, 3.63) is 23.8 Å². The van der Waals surface area contributed by atoms with Gasteiger partial charge in [-0.05, 0) is 49.3 Å². The standard InChI is InChI=1S/C16H24O3/c1-4-12-5-7-16(17,8-6-12)13-9-14(18-2)11-15(10-13)19-3/h9-12,17H,4-8H2,1-3H3. The summed E-state index contributed by atoms with van der Waals surface area (Å²) in [7, 11) is 3.27. The van der Waals surface area contributed by atoms with E-state index >= 15 is 0 Å². The van der Waals surface area contributed by atoms with E-state index in [0.29, 0.717) is 0 Å². The molecule has 3 heteroatoms. The van der Waals surface area contributed by atoms with E-state index in [-0.39, 0.29) is 0 Å². The summed E-state index contributed by atoms with van der Waals surface area (Å²) in [6.07, 6.45) is 5.03. The third-order valence-corrected chi connectivity index (χ3v) is 4.40. The summed E-state index contributed by atoms with van der Waals surface area (Å²) < 4.78 is 10.6. The van der Waals surface area contributed by atoms with Crippen LogP contribution in [0.5, 0.6) is 11.5 Å². The van der Waals surface area contributed by atoms with Crippen LogP contribution in [0.15, 0.2) is 18.2 Å². The third-order valence-electron chi connectivity index (χ3n) is 4.40. The summed E-state index contributed by atoms with van der Waals surface area (Å²) in [6, 6.07) is 5.69. The first-order chi connectivity index (χ1) is 9.11. The van der Waals surface area contributed by atoms with Gasteiger partial charge in [0.25, 0.3) is 0 Å². The lowest BCUT2D eigenvalue weighted by Gasteiger charge is -2.36. The molecule has 1 aliphatic carbocycles. The van der Waals surface area contributed by atoms with Crippen molar-refractivity contribution in [3.8, 4) is 11.5 Å². The van der Waals surface area contributed by atoms with Crippen LogP contribution in [0.2, 0.25) is 0 Å². The molecular formula is C16H24O3. The molecule has 2 rings (SSSR count). The number of aliphatic hydroxyl groups is 1. The van der Waals surface area contributed by atoms with E-state index in [9.17, 15) is 5.11 Å². The van der Waals surface area contributed by atoms with E-state index in [2.05, 4.69) is 6.92 Å². The number of benzene rings is 1. The highest BCUT2D eigenvalue weighted by atomic mass is 16.5. The Labute approximate surface area is 115 Å². The second-order valence-electron chi connectivity index (χ2n) is 5.48. The molecule has 0 bridgehead atoms. The lowest BCUT2D eigenvalue weighted by Crippen LogP contribution is -2.31. The number of ether oxygens (including phenoxy) is 2. The maximum absolute atomic E-state index is 10.9. The van der Waals surface area contributed by atoms with Crippen molar-refractivity contribution in [2.24, 2.45) is 5.92 Å². The zero-order chi connectivity index (χ0) is 13.9. The summed E-state index contributed by atoms with van der Waals surface area (Å²) in [5, 5.41) is 10.9. The Bertz CT molecular complexity index is 398. The predicted molar refractivity (Wildman–Crippen MR) is 75.7 cm³/mol. The van der Waals surface area contributed by atoms with Crippen LogP contribution < -0.4 is 9.47 Å². The maximum Gasteiger partial charge on any atom is 0.122 e. The SMILES string of the molecule is CCC1CCC(O)(c2cc(OC)cc(OC)c2)CC1. The van der Waals surface area contributed by atoms with Gasteiger partial charge in [-0.3, -0.25) is 0 Å². The van der Waals surface area contributed by atoms with Gasteiger partial charge < -0.3 is 14.6 Å². The molecule has 0 aliphatic heterocycles. The van der Waals surface area contributed by atoms with Gasteiger partial charge in [0.05, 0.1) is 19.8 Å². The normalized spacial score (nSPS) is 27.1. The Balaban J connectivity index is 2.25. The van der Waals surface area contributed by atoms with E-state index in [1.807, 2.05) is 18.2 Å². The van der Waals surface area contributed by atoms with Gasteiger partial charge in [-0.1, -0.05) is 13.3 Å². The minimum absolute atomic E-state index is 0.729. The largest absolute Gasteiger partial charge is 0.497 e. The first kappa shape index (κ1) is 14.2. The molecule has 1 N–H and O–H groups in total. The highest BCUT2D eigenvalue weighted by Crippen LogP contribution is 2.42. The molecule has 1 saturated carbocycles. The molecule has 1 aliphatic rings. The van der Waals surface area contributed by atoms with Gasteiger partial charge in [0.1, 0.15) is 11.5 Å². The molecule has 0 radical (unpaired) electrons. The van der Waals surface area contributed by atoms with Gasteiger partial charge in [0.15, 0.2) is 0 Å². The third kappa shape index (κ3) is 3.03. The van der Waals surface area contributed by atoms with E-state index in [1.165, 1.54) is 6.42 Å². The smallest absolute Gasteiger partial charge is 0.122 e. The summed E-state index contributed by atoms with van der Waals surface area (Å²) >= 11 is 0. The molecule has 19 heavy (non-hydrogen) atoms. The number of hydrogen-bond donors (Lipinski definition) is 1. The van der Waals surface area contributed by atoms with Crippen LogP contribution in [0.3, 0.4) is 0 Å². The molecule has 0 saturated heterocycles. The Morgan fingerprint density at radius 1 is 1.11 bits per heavy atom. The van der Waals surface area contributed by atoms with Gasteiger partial charge in [-0.2, -0.15) is 0 Å². The average Bonchev–Trinajstić information content (AvgIpc) is 2.47. The summed E-state index contributed by atoms with van der Waals surface area (Å²) in [4.78, 5) is 0. The van der Waals surface area contributed by atoms with Gasteiger partial charge in [-0.25, -0.2) is 0 Å². The topological polar surface area (TPSA) is 38.7 Å². The van der Waals surface area contributed by atoms with Crippen LogP contribution in [0.1, 0.15) is 44.6 Å². The van der Waals surface area contributed by atoms with Crippen molar-refractivity contribution >= 4 is 0 Å². The predicted octanol–water partition coefficient (Wildman–Crippen LogP) is 3.49. The monoisotopic (exact) mass is 264 g/mol. The number of hydrogen-bond acceptors (Lipinski definition) is 3. The van der Waals surface area contributed by atoms with Crippen LogP contribution in [0, 0.1) is 5.92 Å². The Kier molecular flexibility index (Phi) is 4.35. The second-order valence-corrected chi connectivity index (χ2v) is 5.48. The van der Waals surface area contributed by atoms with Crippen molar-refractivity contribution < 1.29 is 14.6 Å². The van der Waals surface area contributed by atoms with Crippen molar-refractivity contribution in [3.63, 3.8) is 0 Å². The maximum atomic E-state index is 10.9. The van der Waals surface area contributed by atoms with Crippen molar-refractivity contribution in [1.29, 1.82) is 0 Å². The molecule has 106 valence electrons. The Morgan fingerprint density at radius 3 is 2.05 bits per heavy atom. The van der Waals surface area contributed by atoms with Gasteiger partial charge >= 0.3 is 0 Å². The first-order valence-electron chi connectivity index (χ1n) is 7.07. The Hall–Kier alpha value is -1.22. The number of methoxy groups -OCH3 is 2. The minimum Gasteiger partial charge on any atom is -0.497 e. The fraction of sp³-hybridized carbons (Fsp3) is 0.625. The molecule has 0 amide bonds. The lowest BCUT2D eigenvalue weighted by molar-refractivity contribution is -0.0148. The van der Waals surface area contributed by atoms with E-state index in [0.717, 1.165) is 48.7 Å². The van der Waals surface area contributed by atoms with E-state index in [4.69, 9.17) is 9.47 Å². The van der Waals surface area contributed by atoms with Crippen LogP contribution in [-0.2, 0) is 5.60 Å².